The van der Waals surface area contributed by atoms with Gasteiger partial charge in [-0.05, 0) is 56.0 Å². The number of carbonyl (C=O) groups excluding carboxylic acids is 1. The molecule has 2 aromatic carbocycles. The van der Waals surface area contributed by atoms with Crippen molar-refractivity contribution in [1.82, 2.24) is 5.32 Å². The first-order chi connectivity index (χ1) is 15.3. The lowest BCUT2D eigenvalue weighted by Gasteiger charge is -2.41. The van der Waals surface area contributed by atoms with Crippen molar-refractivity contribution in [3.8, 4) is 0 Å². The minimum absolute atomic E-state index is 0.0143. The molecule has 2 aromatic rings. The second kappa shape index (κ2) is 9.46. The Hall–Kier alpha value is -2.39. The summed E-state index contributed by atoms with van der Waals surface area (Å²) in [5.74, 6) is -0.0980. The molecule has 0 amide bonds. The van der Waals surface area contributed by atoms with Crippen LogP contribution in [0.15, 0.2) is 48.5 Å². The fraction of sp³-hybridized carbons (Fsp3) is 0.458. The van der Waals surface area contributed by atoms with Crippen molar-refractivity contribution in [3.63, 3.8) is 0 Å². The first kappa shape index (κ1) is 25.2. The quantitative estimate of drug-likeness (QED) is 0.502. The summed E-state index contributed by atoms with van der Waals surface area (Å²) in [6.45, 7) is 3.37. The summed E-state index contributed by atoms with van der Waals surface area (Å²) >= 11 is 0. The summed E-state index contributed by atoms with van der Waals surface area (Å²) in [5, 5.41) is 3.35. The number of halogens is 6. The minimum Gasteiger partial charge on any atom is -0.372 e. The molecule has 1 heterocycles. The maximum absolute atomic E-state index is 13.2. The fourth-order valence-electron chi connectivity index (χ4n) is 4.06. The highest BCUT2D eigenvalue weighted by Gasteiger charge is 2.40. The van der Waals surface area contributed by atoms with Crippen molar-refractivity contribution in [3.05, 3.63) is 70.8 Å². The maximum atomic E-state index is 13.2. The van der Waals surface area contributed by atoms with Crippen LogP contribution in [-0.2, 0) is 27.4 Å². The number of hydrogen-bond acceptors (Lipinski definition) is 3. The molecular formula is C24H25F6NO2. The summed E-state index contributed by atoms with van der Waals surface area (Å²) in [5.41, 5.74) is -2.80. The van der Waals surface area contributed by atoms with E-state index in [1.54, 1.807) is 0 Å². The van der Waals surface area contributed by atoms with Crippen molar-refractivity contribution in [2.75, 3.05) is 13.2 Å². The van der Waals surface area contributed by atoms with Gasteiger partial charge in [0.1, 0.15) is 5.78 Å². The largest absolute Gasteiger partial charge is 0.416 e. The third-order valence-electron chi connectivity index (χ3n) is 6.17. The van der Waals surface area contributed by atoms with Crippen molar-refractivity contribution in [2.24, 2.45) is 5.92 Å². The van der Waals surface area contributed by atoms with Crippen LogP contribution in [0.3, 0.4) is 0 Å². The van der Waals surface area contributed by atoms with E-state index in [-0.39, 0.29) is 29.9 Å². The Kier molecular flexibility index (Phi) is 7.24. The van der Waals surface area contributed by atoms with E-state index in [4.69, 9.17) is 4.74 Å². The molecule has 1 fully saturated rings. The van der Waals surface area contributed by atoms with Gasteiger partial charge in [-0.3, -0.25) is 4.79 Å². The molecule has 1 saturated heterocycles. The summed E-state index contributed by atoms with van der Waals surface area (Å²) in [6, 6.07) is 10.7. The molecule has 3 nitrogen and oxygen atoms in total. The monoisotopic (exact) mass is 473 g/mol. The van der Waals surface area contributed by atoms with Crippen LogP contribution in [0.1, 0.15) is 55.0 Å². The summed E-state index contributed by atoms with van der Waals surface area (Å²) in [6.07, 6.45) is -9.75. The van der Waals surface area contributed by atoms with Gasteiger partial charge >= 0.3 is 12.4 Å². The number of benzene rings is 2. The average Bonchev–Trinajstić information content (AvgIpc) is 2.76. The number of ketones is 1. The van der Waals surface area contributed by atoms with E-state index in [0.717, 1.165) is 5.56 Å². The predicted molar refractivity (Wildman–Crippen MR) is 110 cm³/mol. The van der Waals surface area contributed by atoms with Crippen molar-refractivity contribution in [2.45, 2.75) is 50.7 Å². The normalized spacial score (nSPS) is 22.7. The number of alkyl halides is 6. The van der Waals surface area contributed by atoms with Gasteiger partial charge in [-0.2, -0.15) is 26.3 Å². The zero-order valence-corrected chi connectivity index (χ0v) is 18.2. The summed E-state index contributed by atoms with van der Waals surface area (Å²) in [7, 11) is 0. The Morgan fingerprint density at radius 3 is 2.09 bits per heavy atom. The first-order valence-electron chi connectivity index (χ1n) is 10.5. The van der Waals surface area contributed by atoms with Gasteiger partial charge in [-0.1, -0.05) is 30.3 Å². The topological polar surface area (TPSA) is 38.3 Å². The number of carbonyl (C=O) groups is 1. The third kappa shape index (κ3) is 5.95. The zero-order valence-electron chi connectivity index (χ0n) is 18.2. The highest BCUT2D eigenvalue weighted by molar-refractivity contribution is 5.78. The van der Waals surface area contributed by atoms with Crippen LogP contribution < -0.4 is 5.32 Å². The van der Waals surface area contributed by atoms with E-state index < -0.39 is 35.1 Å². The molecule has 33 heavy (non-hydrogen) atoms. The van der Waals surface area contributed by atoms with Gasteiger partial charge in [0.25, 0.3) is 0 Å². The van der Waals surface area contributed by atoms with Gasteiger partial charge in [-0.15, -0.1) is 0 Å². The molecule has 180 valence electrons. The van der Waals surface area contributed by atoms with Crippen LogP contribution in [0.2, 0.25) is 0 Å². The molecule has 0 aromatic heterocycles. The number of Topliss-reactive ketones (excluding diaryl/α,β-unsaturated/α-hetero) is 1. The molecule has 3 atom stereocenters. The predicted octanol–water partition coefficient (Wildman–Crippen LogP) is 6.29. The Morgan fingerprint density at radius 2 is 1.64 bits per heavy atom. The van der Waals surface area contributed by atoms with Crippen LogP contribution in [0, 0.1) is 5.92 Å². The van der Waals surface area contributed by atoms with E-state index in [2.05, 4.69) is 5.32 Å². The van der Waals surface area contributed by atoms with Gasteiger partial charge in [0, 0.05) is 12.5 Å². The number of hydrogen-bond donors (Lipinski definition) is 1. The van der Waals surface area contributed by atoms with Gasteiger partial charge in [0.15, 0.2) is 0 Å². The van der Waals surface area contributed by atoms with Crippen molar-refractivity contribution >= 4 is 5.78 Å². The lowest BCUT2D eigenvalue weighted by Crippen LogP contribution is -2.53. The Labute approximate surface area is 188 Å². The number of nitrogens with one attached hydrogen (secondary N) is 1. The van der Waals surface area contributed by atoms with Crippen LogP contribution in [-0.4, -0.2) is 18.9 Å². The number of ether oxygens (including phenoxy) is 1. The van der Waals surface area contributed by atoms with Crippen molar-refractivity contribution < 1.29 is 35.9 Å². The summed E-state index contributed by atoms with van der Waals surface area (Å²) < 4.78 is 85.2. The lowest BCUT2D eigenvalue weighted by molar-refractivity contribution is -0.143. The van der Waals surface area contributed by atoms with Gasteiger partial charge in [0.2, 0.25) is 0 Å². The van der Waals surface area contributed by atoms with E-state index in [1.165, 1.54) is 13.8 Å². The Morgan fingerprint density at radius 1 is 1.06 bits per heavy atom. The fourth-order valence-corrected chi connectivity index (χ4v) is 4.06. The molecule has 9 heteroatoms. The molecule has 0 saturated carbocycles. The van der Waals surface area contributed by atoms with Gasteiger partial charge in [-0.25, -0.2) is 0 Å². The second-order valence-electron chi connectivity index (χ2n) is 8.47. The maximum Gasteiger partial charge on any atom is 0.416 e. The van der Waals surface area contributed by atoms with Crippen molar-refractivity contribution in [1.29, 1.82) is 0 Å². The van der Waals surface area contributed by atoms with Crippen LogP contribution in [0.5, 0.6) is 0 Å². The smallest absolute Gasteiger partial charge is 0.372 e. The third-order valence-corrected chi connectivity index (χ3v) is 6.17. The lowest BCUT2D eigenvalue weighted by atomic mass is 9.78. The molecule has 1 aliphatic rings. The highest BCUT2D eigenvalue weighted by Crippen LogP contribution is 2.39. The molecule has 0 radical (unpaired) electrons. The van der Waals surface area contributed by atoms with E-state index in [9.17, 15) is 31.1 Å². The summed E-state index contributed by atoms with van der Waals surface area (Å²) in [4.78, 5) is 11.8. The number of rotatable bonds is 6. The highest BCUT2D eigenvalue weighted by atomic mass is 19.4. The van der Waals surface area contributed by atoms with Gasteiger partial charge in [0.05, 0.1) is 29.4 Å². The Bertz CT molecular complexity index is 931. The standard InChI is InChI=1S/C24H25F6NO2/c1-15(32)17-8-9-22(31-13-17,19-6-4-3-5-7-19)14-33-16(2)18-10-20(23(25,26)27)12-21(11-18)24(28,29)30/h3-7,10-12,16-17,31H,8-9,13-14H2,1-2H3/t16-,17?,22-/m1/s1. The van der Waals surface area contributed by atoms with Crippen LogP contribution >= 0.6 is 0 Å². The van der Waals surface area contributed by atoms with E-state index in [1.807, 2.05) is 30.3 Å². The van der Waals surface area contributed by atoms with Crippen LogP contribution in [0.25, 0.3) is 0 Å². The molecule has 0 bridgehead atoms. The SMILES string of the molecule is CC(=O)C1CC[C@@](CO[C@H](C)c2cc(C(F)(F)F)cc(C(F)(F)F)c2)(c2ccccc2)NC1. The molecule has 1 aliphatic heterocycles. The average molecular weight is 473 g/mol. The van der Waals surface area contributed by atoms with E-state index in [0.29, 0.717) is 31.5 Å². The minimum atomic E-state index is -4.92. The molecular weight excluding hydrogens is 448 g/mol. The molecule has 1 N–H and O–H groups in total. The van der Waals surface area contributed by atoms with Gasteiger partial charge < -0.3 is 10.1 Å². The zero-order chi connectivity index (χ0) is 24.4. The number of piperidine rings is 1. The second-order valence-corrected chi connectivity index (χ2v) is 8.47. The molecule has 0 aliphatic carbocycles. The molecule has 1 unspecified atom stereocenters. The Balaban J connectivity index is 1.87. The first-order valence-corrected chi connectivity index (χ1v) is 10.5. The molecule has 0 spiro atoms. The van der Waals surface area contributed by atoms with Crippen LogP contribution in [0.4, 0.5) is 26.3 Å². The molecule has 3 rings (SSSR count). The van der Waals surface area contributed by atoms with E-state index >= 15 is 0 Å².